The summed E-state index contributed by atoms with van der Waals surface area (Å²) >= 11 is 0. The molecule has 2 unspecified atom stereocenters. The Morgan fingerprint density at radius 1 is 1.38 bits per heavy atom. The molecule has 8 heteroatoms. The monoisotopic (exact) mass is 293 g/mol. The number of nitrogens with one attached hydrogen (secondary N) is 1. The lowest BCUT2D eigenvalue weighted by Gasteiger charge is -2.33. The first-order valence-corrected chi connectivity index (χ1v) is 6.42. The molecule has 2 rings (SSSR count). The van der Waals surface area contributed by atoms with Gasteiger partial charge in [-0.2, -0.15) is 0 Å². The van der Waals surface area contributed by atoms with Crippen LogP contribution in [0.15, 0.2) is 24.3 Å². The molecule has 21 heavy (non-hydrogen) atoms. The van der Waals surface area contributed by atoms with Gasteiger partial charge < -0.3 is 15.8 Å². The second kappa shape index (κ2) is 6.31. The number of nitrogens with zero attached hydrogens (tertiary/aromatic N) is 1. The minimum Gasteiger partial charge on any atom is -0.461 e. The number of esters is 1. The lowest BCUT2D eigenvalue weighted by molar-refractivity contribution is -0.384. The van der Waals surface area contributed by atoms with Crippen LogP contribution >= 0.6 is 0 Å². The molecule has 1 aliphatic heterocycles. The van der Waals surface area contributed by atoms with Crippen LogP contribution in [0.4, 0.5) is 5.69 Å². The first-order chi connectivity index (χ1) is 9.97. The van der Waals surface area contributed by atoms with Gasteiger partial charge in [-0.25, -0.2) is 0 Å². The summed E-state index contributed by atoms with van der Waals surface area (Å²) in [6.07, 6.45) is 0.595. The zero-order chi connectivity index (χ0) is 15.4. The summed E-state index contributed by atoms with van der Waals surface area (Å²) < 4.78 is 5.05. The number of β-lactam (4-membered cyclic amide) rings is 1. The summed E-state index contributed by atoms with van der Waals surface area (Å²) in [5, 5.41) is 13.1. The van der Waals surface area contributed by atoms with Gasteiger partial charge in [0.05, 0.1) is 11.0 Å². The van der Waals surface area contributed by atoms with Crippen molar-refractivity contribution in [3.05, 3.63) is 39.9 Å². The Morgan fingerprint density at radius 2 is 2.05 bits per heavy atom. The molecule has 0 aliphatic carbocycles. The predicted octanol–water partition coefficient (Wildman–Crippen LogP) is 0.244. The van der Waals surface area contributed by atoms with Crippen molar-refractivity contribution in [3.63, 3.8) is 0 Å². The molecule has 1 saturated heterocycles. The van der Waals surface area contributed by atoms with Gasteiger partial charge >= 0.3 is 5.97 Å². The minimum absolute atomic E-state index is 0.0141. The lowest BCUT2D eigenvalue weighted by atomic mass is 9.95. The van der Waals surface area contributed by atoms with E-state index in [0.29, 0.717) is 12.0 Å². The van der Waals surface area contributed by atoms with Crippen LogP contribution in [-0.2, 0) is 20.9 Å². The molecule has 0 bridgehead atoms. The SMILES string of the molecule is NC1C(=O)NC1CCC(=O)OCc1ccc([N+](=O)[O-])cc1. The molecule has 0 spiro atoms. The molecule has 8 nitrogen and oxygen atoms in total. The van der Waals surface area contributed by atoms with E-state index in [1.54, 1.807) is 0 Å². The second-order valence-electron chi connectivity index (χ2n) is 4.76. The van der Waals surface area contributed by atoms with Gasteiger partial charge in [0.15, 0.2) is 0 Å². The zero-order valence-corrected chi connectivity index (χ0v) is 11.2. The first kappa shape index (κ1) is 14.9. The molecule has 1 aromatic carbocycles. The predicted molar refractivity (Wildman–Crippen MR) is 72.0 cm³/mol. The van der Waals surface area contributed by atoms with Crippen LogP contribution in [0.25, 0.3) is 0 Å². The number of non-ortho nitro benzene ring substituents is 1. The number of nitrogens with two attached hydrogens (primary N) is 1. The average molecular weight is 293 g/mol. The van der Waals surface area contributed by atoms with Gasteiger partial charge in [0, 0.05) is 18.6 Å². The quantitative estimate of drug-likeness (QED) is 0.335. The third kappa shape index (κ3) is 3.76. The maximum Gasteiger partial charge on any atom is 0.306 e. The number of nitro benzene ring substituents is 1. The molecular formula is C13H15N3O5. The van der Waals surface area contributed by atoms with Crippen LogP contribution < -0.4 is 11.1 Å². The summed E-state index contributed by atoms with van der Waals surface area (Å²) in [7, 11) is 0. The Labute approximate surface area is 120 Å². The number of nitro groups is 1. The van der Waals surface area contributed by atoms with Gasteiger partial charge in [0.25, 0.3) is 5.69 Å². The highest BCUT2D eigenvalue weighted by Gasteiger charge is 2.35. The molecule has 1 aliphatic rings. The van der Waals surface area contributed by atoms with Crippen LogP contribution in [0, 0.1) is 10.1 Å². The topological polar surface area (TPSA) is 125 Å². The summed E-state index contributed by atoms with van der Waals surface area (Å²) in [6, 6.07) is 5.05. The number of ether oxygens (including phenoxy) is 1. The van der Waals surface area contributed by atoms with Gasteiger partial charge in [0.1, 0.15) is 12.6 Å². The Hall–Kier alpha value is -2.48. The van der Waals surface area contributed by atoms with E-state index in [1.807, 2.05) is 0 Å². The van der Waals surface area contributed by atoms with Crippen molar-refractivity contribution in [3.8, 4) is 0 Å². The van der Waals surface area contributed by atoms with E-state index in [0.717, 1.165) is 0 Å². The Kier molecular flexibility index (Phi) is 4.49. The van der Waals surface area contributed by atoms with Crippen molar-refractivity contribution < 1.29 is 19.2 Å². The fraction of sp³-hybridized carbons (Fsp3) is 0.385. The van der Waals surface area contributed by atoms with Gasteiger partial charge in [-0.05, 0) is 24.1 Å². The van der Waals surface area contributed by atoms with Crippen LogP contribution in [0.5, 0.6) is 0 Å². The molecule has 0 radical (unpaired) electrons. The number of benzene rings is 1. The molecule has 1 heterocycles. The molecule has 1 aromatic rings. The summed E-state index contributed by atoms with van der Waals surface area (Å²) in [5.41, 5.74) is 6.19. The maximum atomic E-state index is 11.5. The second-order valence-corrected chi connectivity index (χ2v) is 4.76. The smallest absolute Gasteiger partial charge is 0.306 e. The minimum atomic E-state index is -0.549. The number of hydrogen-bond donors (Lipinski definition) is 2. The van der Waals surface area contributed by atoms with E-state index in [1.165, 1.54) is 24.3 Å². The number of rotatable bonds is 6. The zero-order valence-electron chi connectivity index (χ0n) is 11.2. The average Bonchev–Trinajstić information content (AvgIpc) is 2.49. The van der Waals surface area contributed by atoms with Crippen molar-refractivity contribution in [2.24, 2.45) is 5.73 Å². The van der Waals surface area contributed by atoms with Crippen molar-refractivity contribution in [1.29, 1.82) is 0 Å². The molecule has 112 valence electrons. The molecule has 1 fully saturated rings. The Bertz CT molecular complexity index is 557. The number of amides is 1. The highest BCUT2D eigenvalue weighted by Crippen LogP contribution is 2.14. The highest BCUT2D eigenvalue weighted by atomic mass is 16.6. The fourth-order valence-electron chi connectivity index (χ4n) is 1.93. The fourth-order valence-corrected chi connectivity index (χ4v) is 1.93. The third-order valence-corrected chi connectivity index (χ3v) is 3.27. The highest BCUT2D eigenvalue weighted by molar-refractivity contribution is 5.89. The molecular weight excluding hydrogens is 278 g/mol. The Balaban J connectivity index is 1.71. The van der Waals surface area contributed by atoms with Crippen molar-refractivity contribution in [2.45, 2.75) is 31.5 Å². The molecule has 3 N–H and O–H groups in total. The number of hydrogen-bond acceptors (Lipinski definition) is 6. The van der Waals surface area contributed by atoms with E-state index in [9.17, 15) is 19.7 Å². The van der Waals surface area contributed by atoms with E-state index in [4.69, 9.17) is 10.5 Å². The third-order valence-electron chi connectivity index (χ3n) is 3.27. The normalized spacial score (nSPS) is 20.3. The van der Waals surface area contributed by atoms with Gasteiger partial charge in [-0.3, -0.25) is 19.7 Å². The maximum absolute atomic E-state index is 11.5. The first-order valence-electron chi connectivity index (χ1n) is 6.42. The number of carbonyl (C=O) groups excluding carboxylic acids is 2. The van der Waals surface area contributed by atoms with Crippen LogP contribution in [0.3, 0.4) is 0 Å². The van der Waals surface area contributed by atoms with Crippen molar-refractivity contribution >= 4 is 17.6 Å². The summed E-state index contributed by atoms with van der Waals surface area (Å²) in [4.78, 5) is 32.4. The van der Waals surface area contributed by atoms with Crippen LogP contribution in [-0.4, -0.2) is 28.9 Å². The lowest BCUT2D eigenvalue weighted by Crippen LogP contribution is -2.66. The van der Waals surface area contributed by atoms with E-state index in [2.05, 4.69) is 5.32 Å². The van der Waals surface area contributed by atoms with Crippen LogP contribution in [0.2, 0.25) is 0 Å². The van der Waals surface area contributed by atoms with Crippen molar-refractivity contribution in [2.75, 3.05) is 0 Å². The van der Waals surface area contributed by atoms with Crippen molar-refractivity contribution in [1.82, 2.24) is 5.32 Å². The van der Waals surface area contributed by atoms with Gasteiger partial charge in [-0.1, -0.05) is 0 Å². The Morgan fingerprint density at radius 3 is 2.57 bits per heavy atom. The summed E-state index contributed by atoms with van der Waals surface area (Å²) in [6.45, 7) is 0.0555. The standard InChI is InChI=1S/C13H15N3O5/c14-12-10(15-13(12)18)5-6-11(17)21-7-8-1-3-9(4-2-8)16(19)20/h1-4,10,12H,5-7,14H2,(H,15,18). The molecule has 2 atom stereocenters. The largest absolute Gasteiger partial charge is 0.461 e. The molecule has 0 saturated carbocycles. The molecule has 1 amide bonds. The van der Waals surface area contributed by atoms with Gasteiger partial charge in [-0.15, -0.1) is 0 Å². The van der Waals surface area contributed by atoms with E-state index in [-0.39, 0.29) is 30.7 Å². The van der Waals surface area contributed by atoms with E-state index < -0.39 is 16.9 Å². The summed E-state index contributed by atoms with van der Waals surface area (Å²) in [5.74, 6) is -0.610. The van der Waals surface area contributed by atoms with E-state index >= 15 is 0 Å². The van der Waals surface area contributed by atoms with Gasteiger partial charge in [0.2, 0.25) is 5.91 Å². The molecule has 0 aromatic heterocycles. The number of carbonyl (C=O) groups is 2. The van der Waals surface area contributed by atoms with Crippen LogP contribution in [0.1, 0.15) is 18.4 Å².